The molecule has 0 aromatic heterocycles. The van der Waals surface area contributed by atoms with E-state index >= 15 is 0 Å². The van der Waals surface area contributed by atoms with Crippen molar-refractivity contribution in [3.05, 3.63) is 41.5 Å². The number of anilines is 1. The van der Waals surface area contributed by atoms with E-state index in [1.54, 1.807) is 13.1 Å². The fourth-order valence-electron chi connectivity index (χ4n) is 2.62. The third-order valence-electron chi connectivity index (χ3n) is 3.32. The molecule has 0 fully saturated rings. The predicted molar refractivity (Wildman–Crippen MR) is 68.0 cm³/mol. The summed E-state index contributed by atoms with van der Waals surface area (Å²) in [6, 6.07) is 3.90. The Hall–Kier alpha value is -1.61. The topological polar surface area (TPSA) is 40.5 Å². The van der Waals surface area contributed by atoms with E-state index in [4.69, 9.17) is 0 Å². The Morgan fingerprint density at radius 2 is 2.12 bits per heavy atom. The van der Waals surface area contributed by atoms with E-state index in [2.05, 4.69) is 6.58 Å². The summed E-state index contributed by atoms with van der Waals surface area (Å²) < 4.78 is 0. The summed E-state index contributed by atoms with van der Waals surface area (Å²) in [7, 11) is 1.70. The quantitative estimate of drug-likeness (QED) is 0.791. The zero-order chi connectivity index (χ0) is 12.8. The van der Waals surface area contributed by atoms with Crippen LogP contribution in [0.15, 0.2) is 24.8 Å². The van der Waals surface area contributed by atoms with Crippen LogP contribution in [0, 0.1) is 13.8 Å². The van der Waals surface area contributed by atoms with Gasteiger partial charge in [-0.1, -0.05) is 23.8 Å². The van der Waals surface area contributed by atoms with Gasteiger partial charge in [0.25, 0.3) is 5.91 Å². The summed E-state index contributed by atoms with van der Waals surface area (Å²) in [5, 5.41) is 10.6. The maximum Gasteiger partial charge on any atom is 0.263 e. The fourth-order valence-corrected chi connectivity index (χ4v) is 2.62. The third-order valence-corrected chi connectivity index (χ3v) is 3.32. The van der Waals surface area contributed by atoms with Crippen molar-refractivity contribution in [2.75, 3.05) is 11.9 Å². The number of rotatable bonds is 2. The van der Waals surface area contributed by atoms with Crippen LogP contribution in [0.4, 0.5) is 5.69 Å². The highest BCUT2D eigenvalue weighted by Gasteiger charge is 2.48. The lowest BCUT2D eigenvalue weighted by Gasteiger charge is -2.19. The van der Waals surface area contributed by atoms with Gasteiger partial charge in [0.15, 0.2) is 5.60 Å². The van der Waals surface area contributed by atoms with E-state index in [0.29, 0.717) is 5.56 Å². The smallest absolute Gasteiger partial charge is 0.263 e. The molecule has 0 saturated carbocycles. The van der Waals surface area contributed by atoms with Gasteiger partial charge in [0.2, 0.25) is 0 Å². The van der Waals surface area contributed by atoms with E-state index in [-0.39, 0.29) is 12.3 Å². The number of benzene rings is 1. The van der Waals surface area contributed by atoms with Gasteiger partial charge in [0, 0.05) is 19.0 Å². The highest BCUT2D eigenvalue weighted by molar-refractivity contribution is 6.07. The Balaban J connectivity index is 2.72. The van der Waals surface area contributed by atoms with E-state index < -0.39 is 5.60 Å². The Labute approximate surface area is 101 Å². The summed E-state index contributed by atoms with van der Waals surface area (Å²) >= 11 is 0. The molecule has 17 heavy (non-hydrogen) atoms. The van der Waals surface area contributed by atoms with Crippen LogP contribution in [-0.4, -0.2) is 18.1 Å². The monoisotopic (exact) mass is 231 g/mol. The summed E-state index contributed by atoms with van der Waals surface area (Å²) in [4.78, 5) is 13.7. The van der Waals surface area contributed by atoms with Crippen LogP contribution >= 0.6 is 0 Å². The molecule has 1 aliphatic heterocycles. The minimum atomic E-state index is -1.44. The molecule has 1 aromatic carbocycles. The Morgan fingerprint density at radius 3 is 2.71 bits per heavy atom. The van der Waals surface area contributed by atoms with E-state index in [0.717, 1.165) is 16.8 Å². The number of hydrogen-bond donors (Lipinski definition) is 1. The normalized spacial score (nSPS) is 22.8. The number of hydrogen-bond acceptors (Lipinski definition) is 2. The lowest BCUT2D eigenvalue weighted by molar-refractivity contribution is -0.135. The SMILES string of the molecule is C=CCC1(O)C(=O)N(C)c2c(C)cc(C)cc21. The van der Waals surface area contributed by atoms with Gasteiger partial charge < -0.3 is 10.0 Å². The molecule has 1 amide bonds. The van der Waals surface area contributed by atoms with E-state index in [9.17, 15) is 9.90 Å². The lowest BCUT2D eigenvalue weighted by atomic mass is 9.90. The average molecular weight is 231 g/mol. The molecule has 1 aromatic rings. The molecule has 0 spiro atoms. The van der Waals surface area contributed by atoms with Crippen LogP contribution in [-0.2, 0) is 10.4 Å². The molecule has 1 N–H and O–H groups in total. The predicted octanol–water partition coefficient (Wildman–Crippen LogP) is 2.04. The molecule has 1 atom stereocenters. The van der Waals surface area contributed by atoms with Gasteiger partial charge in [0.05, 0.1) is 5.69 Å². The van der Waals surface area contributed by atoms with Gasteiger partial charge in [-0.2, -0.15) is 0 Å². The number of carbonyl (C=O) groups excluding carboxylic acids is 1. The van der Waals surface area contributed by atoms with Crippen LogP contribution in [0.5, 0.6) is 0 Å². The summed E-state index contributed by atoms with van der Waals surface area (Å²) in [5.41, 5.74) is 2.14. The number of amides is 1. The zero-order valence-electron chi connectivity index (χ0n) is 10.4. The minimum Gasteiger partial charge on any atom is -0.375 e. The van der Waals surface area contributed by atoms with Crippen molar-refractivity contribution in [2.45, 2.75) is 25.9 Å². The van der Waals surface area contributed by atoms with Crippen LogP contribution in [0.25, 0.3) is 0 Å². The van der Waals surface area contributed by atoms with Crippen molar-refractivity contribution in [1.29, 1.82) is 0 Å². The van der Waals surface area contributed by atoms with Crippen LogP contribution in [0.2, 0.25) is 0 Å². The third kappa shape index (κ3) is 1.50. The number of fused-ring (bicyclic) bond motifs is 1. The number of likely N-dealkylation sites (N-methyl/N-ethyl adjacent to an activating group) is 1. The van der Waals surface area contributed by atoms with Gasteiger partial charge in [-0.05, 0) is 19.4 Å². The van der Waals surface area contributed by atoms with Gasteiger partial charge in [0.1, 0.15) is 0 Å². The second-order valence-electron chi connectivity index (χ2n) is 4.70. The van der Waals surface area contributed by atoms with Gasteiger partial charge >= 0.3 is 0 Å². The molecular formula is C14H17NO2. The van der Waals surface area contributed by atoms with Crippen LogP contribution in [0.1, 0.15) is 23.1 Å². The van der Waals surface area contributed by atoms with E-state index in [1.807, 2.05) is 26.0 Å². The van der Waals surface area contributed by atoms with E-state index in [1.165, 1.54) is 4.90 Å². The first-order valence-corrected chi connectivity index (χ1v) is 5.65. The van der Waals surface area contributed by atoms with Gasteiger partial charge in [-0.3, -0.25) is 4.79 Å². The van der Waals surface area contributed by atoms with Crippen molar-refractivity contribution in [3.8, 4) is 0 Å². The molecule has 2 rings (SSSR count). The number of nitrogens with zero attached hydrogens (tertiary/aromatic N) is 1. The molecule has 1 unspecified atom stereocenters. The van der Waals surface area contributed by atoms with Crippen LogP contribution in [0.3, 0.4) is 0 Å². The number of aliphatic hydroxyl groups is 1. The number of aryl methyl sites for hydroxylation is 2. The first kappa shape index (κ1) is 11.9. The summed E-state index contributed by atoms with van der Waals surface area (Å²) in [6.45, 7) is 7.53. The summed E-state index contributed by atoms with van der Waals surface area (Å²) in [5.74, 6) is -0.277. The fraction of sp³-hybridized carbons (Fsp3) is 0.357. The Bertz CT molecular complexity index is 507. The first-order chi connectivity index (χ1) is 7.91. The van der Waals surface area contributed by atoms with Crippen molar-refractivity contribution < 1.29 is 9.90 Å². The van der Waals surface area contributed by atoms with Gasteiger partial charge in [-0.25, -0.2) is 0 Å². The molecule has 0 bridgehead atoms. The van der Waals surface area contributed by atoms with Crippen molar-refractivity contribution in [2.24, 2.45) is 0 Å². The zero-order valence-corrected chi connectivity index (χ0v) is 10.4. The lowest BCUT2D eigenvalue weighted by Crippen LogP contribution is -2.38. The Kier molecular flexibility index (Phi) is 2.59. The summed E-state index contributed by atoms with van der Waals surface area (Å²) in [6.07, 6.45) is 1.82. The largest absolute Gasteiger partial charge is 0.375 e. The van der Waals surface area contributed by atoms with Crippen LogP contribution < -0.4 is 4.90 Å². The molecule has 3 heteroatoms. The average Bonchev–Trinajstić information content (AvgIpc) is 2.42. The molecule has 90 valence electrons. The second-order valence-corrected chi connectivity index (χ2v) is 4.70. The Morgan fingerprint density at radius 1 is 1.47 bits per heavy atom. The molecule has 1 aliphatic rings. The molecular weight excluding hydrogens is 214 g/mol. The van der Waals surface area contributed by atoms with Gasteiger partial charge in [-0.15, -0.1) is 6.58 Å². The molecule has 0 saturated heterocycles. The highest BCUT2D eigenvalue weighted by Crippen LogP contribution is 2.44. The number of carbonyl (C=O) groups is 1. The maximum atomic E-state index is 12.2. The molecule has 0 aliphatic carbocycles. The molecule has 0 radical (unpaired) electrons. The first-order valence-electron chi connectivity index (χ1n) is 5.65. The standard InChI is InChI=1S/C14H17NO2/c1-5-6-14(17)11-8-9(2)7-10(3)12(11)15(4)13(14)16/h5,7-8,17H,1,6H2,2-4H3. The molecule has 3 nitrogen and oxygen atoms in total. The van der Waals surface area contributed by atoms with Crippen molar-refractivity contribution in [3.63, 3.8) is 0 Å². The van der Waals surface area contributed by atoms with Crippen molar-refractivity contribution >= 4 is 11.6 Å². The minimum absolute atomic E-state index is 0.242. The molecule has 1 heterocycles. The second kappa shape index (κ2) is 3.70. The maximum absolute atomic E-state index is 12.2. The van der Waals surface area contributed by atoms with Crippen molar-refractivity contribution in [1.82, 2.24) is 0 Å². The highest BCUT2D eigenvalue weighted by atomic mass is 16.3.